The largest absolute Gasteiger partial charge is 0.508 e. The molecule has 0 atom stereocenters. The molecule has 4 rings (SSSR count). The van der Waals surface area contributed by atoms with E-state index in [9.17, 15) is 9.90 Å². The van der Waals surface area contributed by atoms with Crippen molar-refractivity contribution in [2.75, 3.05) is 0 Å². The number of amides is 1. The van der Waals surface area contributed by atoms with Crippen LogP contribution in [0.2, 0.25) is 5.02 Å². The van der Waals surface area contributed by atoms with E-state index in [1.54, 1.807) is 30.3 Å². The number of phenols is 1. The van der Waals surface area contributed by atoms with E-state index in [0.29, 0.717) is 27.4 Å². The zero-order valence-electron chi connectivity index (χ0n) is 15.7. The lowest BCUT2D eigenvalue weighted by molar-refractivity contribution is -0.115. The molecule has 1 aliphatic heterocycles. The van der Waals surface area contributed by atoms with Gasteiger partial charge in [-0.1, -0.05) is 41.9 Å². The van der Waals surface area contributed by atoms with Crippen LogP contribution in [0.3, 0.4) is 0 Å². The average Bonchev–Trinajstić information content (AvgIpc) is 3.09. The van der Waals surface area contributed by atoms with Gasteiger partial charge in [0.25, 0.3) is 5.91 Å². The zero-order chi connectivity index (χ0) is 20.9. The predicted octanol–water partition coefficient (Wildman–Crippen LogP) is 5.52. The van der Waals surface area contributed by atoms with Crippen molar-refractivity contribution >= 4 is 46.2 Å². The van der Waals surface area contributed by atoms with Gasteiger partial charge in [0.1, 0.15) is 18.1 Å². The molecule has 0 spiro atoms. The Morgan fingerprint density at radius 3 is 2.50 bits per heavy atom. The molecule has 0 bridgehead atoms. The first-order valence-corrected chi connectivity index (χ1v) is 10.3. The number of aliphatic imine (C=N–C) groups is 1. The summed E-state index contributed by atoms with van der Waals surface area (Å²) in [5, 5.41) is 13.3. The molecule has 0 radical (unpaired) electrons. The second-order valence-electron chi connectivity index (χ2n) is 6.45. The van der Waals surface area contributed by atoms with E-state index < -0.39 is 0 Å². The summed E-state index contributed by atoms with van der Waals surface area (Å²) in [4.78, 5) is 17.2. The summed E-state index contributed by atoms with van der Waals surface area (Å²) in [6, 6.07) is 21.5. The lowest BCUT2D eigenvalue weighted by Gasteiger charge is -2.08. The van der Waals surface area contributed by atoms with E-state index in [4.69, 9.17) is 16.3 Å². The minimum atomic E-state index is -0.198. The van der Waals surface area contributed by atoms with Crippen molar-refractivity contribution in [3.05, 3.63) is 93.9 Å². The standard InChI is InChI=1S/C23H17ClN2O3S/c24-20-4-2-1-3-16(20)14-29-19-11-5-15(6-12-19)13-21-22(28)26-23(30-21)25-17-7-9-18(27)10-8-17/h1-13,27H,14H2,(H,25,26,28)/b21-13-. The second-order valence-corrected chi connectivity index (χ2v) is 7.89. The van der Waals surface area contributed by atoms with Crippen molar-refractivity contribution in [3.63, 3.8) is 0 Å². The SMILES string of the molecule is O=C1NC(=Nc2ccc(O)cc2)S/C1=C\c1ccc(OCc2ccccc2Cl)cc1. The second kappa shape index (κ2) is 9.07. The van der Waals surface area contributed by atoms with Crippen LogP contribution < -0.4 is 10.1 Å². The number of nitrogens with one attached hydrogen (secondary N) is 1. The highest BCUT2D eigenvalue weighted by molar-refractivity contribution is 8.18. The topological polar surface area (TPSA) is 70.9 Å². The molecule has 150 valence electrons. The molecule has 3 aromatic carbocycles. The van der Waals surface area contributed by atoms with Gasteiger partial charge in [-0.05, 0) is 65.9 Å². The number of phenolic OH excluding ortho intramolecular Hbond substituents is 1. The highest BCUT2D eigenvalue weighted by Gasteiger charge is 2.23. The summed E-state index contributed by atoms with van der Waals surface area (Å²) in [6.45, 7) is 0.384. The number of benzene rings is 3. The molecular weight excluding hydrogens is 420 g/mol. The highest BCUT2D eigenvalue weighted by Crippen LogP contribution is 2.29. The maximum atomic E-state index is 12.2. The smallest absolute Gasteiger partial charge is 0.264 e. The van der Waals surface area contributed by atoms with Gasteiger partial charge >= 0.3 is 0 Å². The third-order valence-corrected chi connectivity index (χ3v) is 5.54. The summed E-state index contributed by atoms with van der Waals surface area (Å²) in [5.41, 5.74) is 2.45. The van der Waals surface area contributed by atoms with Gasteiger partial charge in [0.2, 0.25) is 0 Å². The Kier molecular flexibility index (Phi) is 6.07. The Hall–Kier alpha value is -3.22. The van der Waals surface area contributed by atoms with Gasteiger partial charge in [0, 0.05) is 10.6 Å². The van der Waals surface area contributed by atoms with E-state index in [0.717, 1.165) is 16.9 Å². The molecule has 1 heterocycles. The number of rotatable bonds is 5. The molecule has 0 aliphatic carbocycles. The summed E-state index contributed by atoms with van der Waals surface area (Å²) in [7, 11) is 0. The molecule has 0 saturated carbocycles. The molecule has 2 N–H and O–H groups in total. The van der Waals surface area contributed by atoms with Gasteiger partial charge in [0.15, 0.2) is 5.17 Å². The Bertz CT molecular complexity index is 1130. The van der Waals surface area contributed by atoms with E-state index in [2.05, 4.69) is 10.3 Å². The van der Waals surface area contributed by atoms with Crippen LogP contribution in [-0.4, -0.2) is 16.2 Å². The van der Waals surface area contributed by atoms with Crippen molar-refractivity contribution in [1.29, 1.82) is 0 Å². The van der Waals surface area contributed by atoms with Crippen molar-refractivity contribution < 1.29 is 14.6 Å². The van der Waals surface area contributed by atoms with Crippen LogP contribution in [0.25, 0.3) is 6.08 Å². The maximum absolute atomic E-state index is 12.2. The third-order valence-electron chi connectivity index (χ3n) is 4.26. The van der Waals surface area contributed by atoms with E-state index in [1.165, 1.54) is 11.8 Å². The number of carbonyl (C=O) groups excluding carboxylic acids is 1. The van der Waals surface area contributed by atoms with Gasteiger partial charge in [-0.15, -0.1) is 0 Å². The minimum absolute atomic E-state index is 0.168. The van der Waals surface area contributed by atoms with Gasteiger partial charge < -0.3 is 15.2 Å². The highest BCUT2D eigenvalue weighted by atomic mass is 35.5. The fourth-order valence-corrected chi connectivity index (χ4v) is 3.75. The number of aromatic hydroxyl groups is 1. The van der Waals surface area contributed by atoms with Crippen LogP contribution in [0.15, 0.2) is 82.7 Å². The maximum Gasteiger partial charge on any atom is 0.264 e. The van der Waals surface area contributed by atoms with Gasteiger partial charge in [-0.2, -0.15) is 0 Å². The first-order valence-electron chi connectivity index (χ1n) is 9.12. The van der Waals surface area contributed by atoms with Crippen LogP contribution in [0, 0.1) is 0 Å². The fourth-order valence-electron chi connectivity index (χ4n) is 2.71. The summed E-state index contributed by atoms with van der Waals surface area (Å²) >= 11 is 7.41. The number of hydrogen-bond donors (Lipinski definition) is 2. The lowest BCUT2D eigenvalue weighted by Crippen LogP contribution is -2.19. The van der Waals surface area contributed by atoms with Gasteiger partial charge in [-0.25, -0.2) is 4.99 Å². The van der Waals surface area contributed by atoms with Crippen molar-refractivity contribution in [2.24, 2.45) is 4.99 Å². The van der Waals surface area contributed by atoms with E-state index in [-0.39, 0.29) is 11.7 Å². The first-order chi connectivity index (χ1) is 14.6. The fraction of sp³-hybridized carbons (Fsp3) is 0.0435. The Morgan fingerprint density at radius 2 is 1.77 bits per heavy atom. The Labute approximate surface area is 183 Å². The number of thioether (sulfide) groups is 1. The summed E-state index contributed by atoms with van der Waals surface area (Å²) in [5.74, 6) is 0.689. The average molecular weight is 437 g/mol. The zero-order valence-corrected chi connectivity index (χ0v) is 17.3. The van der Waals surface area contributed by atoms with Crippen LogP contribution >= 0.6 is 23.4 Å². The molecule has 7 heteroatoms. The Balaban J connectivity index is 1.41. The van der Waals surface area contributed by atoms with Gasteiger partial charge in [-0.3, -0.25) is 4.79 Å². The summed E-state index contributed by atoms with van der Waals surface area (Å²) < 4.78 is 5.78. The number of ether oxygens (including phenoxy) is 1. The first kappa shape index (κ1) is 20.1. The normalized spacial score (nSPS) is 16.1. The molecule has 1 aliphatic rings. The molecular formula is C23H17ClN2O3S. The molecule has 3 aromatic rings. The lowest BCUT2D eigenvalue weighted by atomic mass is 10.2. The molecule has 1 saturated heterocycles. The molecule has 5 nitrogen and oxygen atoms in total. The monoisotopic (exact) mass is 436 g/mol. The van der Waals surface area contributed by atoms with Crippen LogP contribution in [0.4, 0.5) is 5.69 Å². The third kappa shape index (κ3) is 5.03. The minimum Gasteiger partial charge on any atom is -0.508 e. The van der Waals surface area contributed by atoms with Crippen LogP contribution in [-0.2, 0) is 11.4 Å². The molecule has 30 heavy (non-hydrogen) atoms. The number of carbonyl (C=O) groups is 1. The predicted molar refractivity (Wildman–Crippen MR) is 121 cm³/mol. The van der Waals surface area contributed by atoms with Crippen molar-refractivity contribution in [1.82, 2.24) is 5.32 Å². The molecule has 0 unspecified atom stereocenters. The number of halogens is 1. The summed E-state index contributed by atoms with van der Waals surface area (Å²) in [6.07, 6.45) is 1.80. The quantitative estimate of drug-likeness (QED) is 0.517. The molecule has 1 amide bonds. The Morgan fingerprint density at radius 1 is 1.03 bits per heavy atom. The van der Waals surface area contributed by atoms with Crippen molar-refractivity contribution in [3.8, 4) is 11.5 Å². The van der Waals surface area contributed by atoms with Crippen molar-refractivity contribution in [2.45, 2.75) is 6.61 Å². The molecule has 0 aromatic heterocycles. The van der Waals surface area contributed by atoms with E-state index >= 15 is 0 Å². The number of hydrogen-bond acceptors (Lipinski definition) is 5. The van der Waals surface area contributed by atoms with Crippen LogP contribution in [0.1, 0.15) is 11.1 Å². The van der Waals surface area contributed by atoms with E-state index in [1.807, 2.05) is 48.5 Å². The van der Waals surface area contributed by atoms with Gasteiger partial charge in [0.05, 0.1) is 10.6 Å². The van der Waals surface area contributed by atoms with Crippen LogP contribution in [0.5, 0.6) is 11.5 Å². The molecule has 1 fully saturated rings. The number of amidine groups is 1. The number of nitrogens with zero attached hydrogens (tertiary/aromatic N) is 1.